The van der Waals surface area contributed by atoms with E-state index in [0.717, 1.165) is 39.7 Å². The highest BCUT2D eigenvalue weighted by Gasteiger charge is 2.23. The molecule has 3 nitrogen and oxygen atoms in total. The number of hydrogen-bond donors (Lipinski definition) is 0. The van der Waals surface area contributed by atoms with E-state index >= 15 is 0 Å². The van der Waals surface area contributed by atoms with Crippen molar-refractivity contribution < 1.29 is 0 Å². The molecule has 1 aliphatic carbocycles. The second kappa shape index (κ2) is 11.9. The summed E-state index contributed by atoms with van der Waals surface area (Å²) in [4.78, 5) is 5.23. The highest BCUT2D eigenvalue weighted by molar-refractivity contribution is 6.09. The van der Waals surface area contributed by atoms with Crippen molar-refractivity contribution in [3.8, 4) is 33.8 Å². The highest BCUT2D eigenvalue weighted by Crippen LogP contribution is 2.37. The first-order valence-electron chi connectivity index (χ1n) is 15.8. The van der Waals surface area contributed by atoms with Gasteiger partial charge in [-0.1, -0.05) is 134 Å². The van der Waals surface area contributed by atoms with E-state index in [0.29, 0.717) is 0 Å². The Morgan fingerprint density at radius 1 is 0.543 bits per heavy atom. The van der Waals surface area contributed by atoms with Crippen LogP contribution in [0.15, 0.2) is 170 Å². The molecular weight excluding hydrogens is 558 g/mol. The van der Waals surface area contributed by atoms with Crippen LogP contribution in [0.5, 0.6) is 0 Å². The molecule has 8 rings (SSSR count). The number of nitrogens with zero attached hydrogens (tertiary/aromatic N) is 3. The first kappa shape index (κ1) is 27.6. The predicted octanol–water partition coefficient (Wildman–Crippen LogP) is 11.1. The molecule has 0 fully saturated rings. The number of benzene rings is 5. The minimum atomic E-state index is 0.0610. The first-order chi connectivity index (χ1) is 22.8. The van der Waals surface area contributed by atoms with Crippen LogP contribution in [0.2, 0.25) is 0 Å². The number of hydrogen-bond acceptors (Lipinski definition) is 1. The molecule has 0 amide bonds. The Balaban J connectivity index is 1.25. The van der Waals surface area contributed by atoms with Gasteiger partial charge in [-0.15, -0.1) is 0 Å². The molecule has 7 aromatic rings. The van der Waals surface area contributed by atoms with Crippen LogP contribution in [0.25, 0.3) is 61.6 Å². The summed E-state index contributed by atoms with van der Waals surface area (Å²) in [7, 11) is 0. The van der Waals surface area contributed by atoms with E-state index < -0.39 is 0 Å². The summed E-state index contributed by atoms with van der Waals surface area (Å²) < 4.78 is 4.68. The topological polar surface area (TPSA) is 22.8 Å². The van der Waals surface area contributed by atoms with E-state index in [9.17, 15) is 0 Å². The number of rotatable bonds is 6. The molecule has 5 aromatic carbocycles. The molecule has 0 saturated carbocycles. The van der Waals surface area contributed by atoms with Crippen LogP contribution in [-0.4, -0.2) is 14.1 Å². The summed E-state index contributed by atoms with van der Waals surface area (Å²) in [5, 5.41) is 2.54. The van der Waals surface area contributed by atoms with Crippen LogP contribution >= 0.6 is 0 Å². The number of imidazole rings is 1. The largest absolute Gasteiger partial charge is 0.309 e. The first-order valence-corrected chi connectivity index (χ1v) is 15.8. The Kier molecular flexibility index (Phi) is 7.12. The minimum absolute atomic E-state index is 0.0610. The van der Waals surface area contributed by atoms with Gasteiger partial charge in [0.15, 0.2) is 0 Å². The van der Waals surface area contributed by atoms with Crippen LogP contribution in [0.4, 0.5) is 0 Å². The SMILES string of the molecule is C/C=C/c1nc(-c2ccccc2)c(C2C=CC=CC=C2)n1-c1cccc(-c2ccc(-n3c4ccccc4c4ccccc43)cc2)c1. The Labute approximate surface area is 269 Å². The van der Waals surface area contributed by atoms with E-state index in [4.69, 9.17) is 4.98 Å². The van der Waals surface area contributed by atoms with E-state index in [1.807, 2.05) is 6.92 Å². The van der Waals surface area contributed by atoms with Crippen molar-refractivity contribution in [1.82, 2.24) is 14.1 Å². The second-order valence-electron chi connectivity index (χ2n) is 11.6. The Hall–Kier alpha value is -5.93. The Morgan fingerprint density at radius 2 is 1.17 bits per heavy atom. The molecule has 1 aliphatic rings. The predicted molar refractivity (Wildman–Crippen MR) is 194 cm³/mol. The zero-order valence-corrected chi connectivity index (χ0v) is 25.7. The molecule has 0 N–H and O–H groups in total. The Bertz CT molecular complexity index is 2240. The molecular formula is C43H33N3. The third kappa shape index (κ3) is 4.83. The summed E-state index contributed by atoms with van der Waals surface area (Å²) in [5.74, 6) is 0.972. The van der Waals surface area contributed by atoms with Crippen LogP contribution in [-0.2, 0) is 0 Å². The van der Waals surface area contributed by atoms with Crippen molar-refractivity contribution in [3.05, 3.63) is 181 Å². The van der Waals surface area contributed by atoms with Gasteiger partial charge in [0.05, 0.1) is 22.4 Å². The van der Waals surface area contributed by atoms with Gasteiger partial charge in [-0.05, 0) is 60.5 Å². The summed E-state index contributed by atoms with van der Waals surface area (Å²) in [6, 6.07) is 45.5. The molecule has 0 radical (unpaired) electrons. The summed E-state index contributed by atoms with van der Waals surface area (Å²) in [6.45, 7) is 2.05. The third-order valence-corrected chi connectivity index (χ3v) is 8.73. The van der Waals surface area contributed by atoms with Crippen molar-refractivity contribution in [1.29, 1.82) is 0 Å². The molecule has 0 aliphatic heterocycles. The summed E-state index contributed by atoms with van der Waals surface area (Å²) in [5.41, 5.74) is 10.2. The zero-order chi connectivity index (χ0) is 30.9. The van der Waals surface area contributed by atoms with Gasteiger partial charge in [-0.3, -0.25) is 4.57 Å². The number of fused-ring (bicyclic) bond motifs is 3. The number of aromatic nitrogens is 3. The maximum Gasteiger partial charge on any atom is 0.137 e. The van der Waals surface area contributed by atoms with E-state index in [1.54, 1.807) is 0 Å². The van der Waals surface area contributed by atoms with Gasteiger partial charge >= 0.3 is 0 Å². The Morgan fingerprint density at radius 3 is 1.85 bits per heavy atom. The fourth-order valence-corrected chi connectivity index (χ4v) is 6.67. The van der Waals surface area contributed by atoms with Crippen molar-refractivity contribution in [2.24, 2.45) is 0 Å². The normalized spacial score (nSPS) is 13.3. The van der Waals surface area contributed by atoms with E-state index in [1.165, 1.54) is 27.4 Å². The minimum Gasteiger partial charge on any atom is -0.309 e. The van der Waals surface area contributed by atoms with Crippen molar-refractivity contribution in [2.75, 3.05) is 0 Å². The fraction of sp³-hybridized carbons (Fsp3) is 0.0465. The fourth-order valence-electron chi connectivity index (χ4n) is 6.67. The zero-order valence-electron chi connectivity index (χ0n) is 25.7. The van der Waals surface area contributed by atoms with E-state index in [-0.39, 0.29) is 5.92 Å². The van der Waals surface area contributed by atoms with Crippen LogP contribution in [0.3, 0.4) is 0 Å². The molecule has 0 atom stereocenters. The molecule has 46 heavy (non-hydrogen) atoms. The number of allylic oxidation sites excluding steroid dienone is 7. The van der Waals surface area contributed by atoms with Gasteiger partial charge in [0, 0.05) is 33.6 Å². The molecule has 3 heteroatoms. The second-order valence-corrected chi connectivity index (χ2v) is 11.6. The molecule has 220 valence electrons. The lowest BCUT2D eigenvalue weighted by Gasteiger charge is -2.17. The van der Waals surface area contributed by atoms with Crippen LogP contribution < -0.4 is 0 Å². The molecule has 0 unspecified atom stereocenters. The lowest BCUT2D eigenvalue weighted by Crippen LogP contribution is -2.06. The monoisotopic (exact) mass is 591 g/mol. The van der Waals surface area contributed by atoms with Gasteiger partial charge in [-0.25, -0.2) is 4.98 Å². The van der Waals surface area contributed by atoms with Crippen molar-refractivity contribution in [3.63, 3.8) is 0 Å². The summed E-state index contributed by atoms with van der Waals surface area (Å²) in [6.07, 6.45) is 17.1. The summed E-state index contributed by atoms with van der Waals surface area (Å²) >= 11 is 0. The lowest BCUT2D eigenvalue weighted by molar-refractivity contribution is 0.902. The smallest absolute Gasteiger partial charge is 0.137 e. The highest BCUT2D eigenvalue weighted by atomic mass is 15.1. The molecule has 2 aromatic heterocycles. The van der Waals surface area contributed by atoms with E-state index in [2.05, 4.69) is 185 Å². The van der Waals surface area contributed by atoms with Gasteiger partial charge in [0.1, 0.15) is 5.82 Å². The third-order valence-electron chi connectivity index (χ3n) is 8.73. The maximum atomic E-state index is 5.23. The maximum absolute atomic E-state index is 5.23. The van der Waals surface area contributed by atoms with Crippen LogP contribution in [0, 0.1) is 0 Å². The quantitative estimate of drug-likeness (QED) is 0.189. The molecule has 0 spiro atoms. The average molecular weight is 592 g/mol. The molecule has 0 saturated heterocycles. The lowest BCUT2D eigenvalue weighted by atomic mass is 9.98. The molecule has 2 heterocycles. The number of para-hydroxylation sites is 2. The van der Waals surface area contributed by atoms with Gasteiger partial charge in [0.25, 0.3) is 0 Å². The van der Waals surface area contributed by atoms with Gasteiger partial charge < -0.3 is 4.57 Å². The van der Waals surface area contributed by atoms with Crippen molar-refractivity contribution in [2.45, 2.75) is 12.8 Å². The van der Waals surface area contributed by atoms with Gasteiger partial charge in [-0.2, -0.15) is 0 Å². The van der Waals surface area contributed by atoms with Crippen LogP contribution in [0.1, 0.15) is 24.4 Å². The molecule has 0 bridgehead atoms. The average Bonchev–Trinajstić information content (AvgIpc) is 3.52. The van der Waals surface area contributed by atoms with Crippen molar-refractivity contribution >= 4 is 27.9 Å². The van der Waals surface area contributed by atoms with Gasteiger partial charge in [0.2, 0.25) is 0 Å². The standard InChI is InChI=1S/C43H33N3/c1-2-15-41-44-42(32-16-8-5-9-17-32)43(33-18-6-3-4-7-19-33)46(41)36-21-14-20-34(30-36)31-26-28-35(29-27-31)45-39-24-12-10-22-37(39)38-23-11-13-25-40(38)45/h2-30,33H,1H3/b15-2+.